The van der Waals surface area contributed by atoms with Crippen LogP contribution in [0.5, 0.6) is 11.5 Å². The van der Waals surface area contributed by atoms with Gasteiger partial charge in [0.2, 0.25) is 5.91 Å². The molecular weight excluding hydrogens is 420 g/mol. The van der Waals surface area contributed by atoms with Crippen molar-refractivity contribution in [3.05, 3.63) is 65.1 Å². The van der Waals surface area contributed by atoms with E-state index in [0.29, 0.717) is 30.3 Å². The number of carbonyl (C=O) groups excluding carboxylic acids is 2. The molecule has 3 aromatic rings. The van der Waals surface area contributed by atoms with E-state index >= 15 is 0 Å². The maximum Gasteiger partial charge on any atom is 0.239 e. The first kappa shape index (κ1) is 22.5. The van der Waals surface area contributed by atoms with Gasteiger partial charge in [0, 0.05) is 34.4 Å². The zero-order valence-corrected chi connectivity index (χ0v) is 19.3. The number of Topliss-reactive ketones (excluding diaryl/α,β-unsaturated/α-hetero) is 1. The number of hydrogen-bond donors (Lipinski definition) is 1. The SMILES string of the molecule is Cc1cccc(NC(=O)CN(C)CC(=O)c2cc(C)n(-c3ccc4c(c3)OCCO4)c2C)n1. The summed E-state index contributed by atoms with van der Waals surface area (Å²) in [6.45, 7) is 7.02. The van der Waals surface area contributed by atoms with Gasteiger partial charge in [0.15, 0.2) is 17.3 Å². The number of aryl methyl sites for hydroxylation is 2. The predicted molar refractivity (Wildman–Crippen MR) is 126 cm³/mol. The highest BCUT2D eigenvalue weighted by molar-refractivity contribution is 5.99. The molecule has 8 nitrogen and oxygen atoms in total. The molecular formula is C25H28N4O4. The number of pyridine rings is 1. The fourth-order valence-corrected chi connectivity index (χ4v) is 4.04. The van der Waals surface area contributed by atoms with Gasteiger partial charge in [0.25, 0.3) is 0 Å². The van der Waals surface area contributed by atoms with E-state index in [0.717, 1.165) is 28.5 Å². The van der Waals surface area contributed by atoms with Crippen molar-refractivity contribution < 1.29 is 19.1 Å². The average Bonchev–Trinajstić information content (AvgIpc) is 3.07. The summed E-state index contributed by atoms with van der Waals surface area (Å²) in [7, 11) is 1.75. The van der Waals surface area contributed by atoms with Crippen molar-refractivity contribution in [1.29, 1.82) is 0 Å². The summed E-state index contributed by atoms with van der Waals surface area (Å²) in [6.07, 6.45) is 0. The number of nitrogens with zero attached hydrogens (tertiary/aromatic N) is 3. The molecule has 4 rings (SSSR count). The normalized spacial score (nSPS) is 12.6. The standard InChI is InChI=1S/C25H28N4O4/c1-16-6-5-7-24(26-16)27-25(31)15-28(4)14-21(30)20-12-17(2)29(18(20)3)19-8-9-22-23(13-19)33-11-10-32-22/h5-9,12-13H,10-11,14-15H2,1-4H3,(H,26,27,31). The third-order valence-corrected chi connectivity index (χ3v) is 5.50. The number of ether oxygens (including phenoxy) is 2. The van der Waals surface area contributed by atoms with Crippen molar-refractivity contribution in [3.63, 3.8) is 0 Å². The molecule has 1 aliphatic rings. The summed E-state index contributed by atoms with van der Waals surface area (Å²) in [5.74, 6) is 1.67. The average molecular weight is 449 g/mol. The lowest BCUT2D eigenvalue weighted by molar-refractivity contribution is -0.116. The number of carbonyl (C=O) groups is 2. The number of benzene rings is 1. The van der Waals surface area contributed by atoms with E-state index in [-0.39, 0.29) is 24.8 Å². The Hall–Kier alpha value is -3.65. The van der Waals surface area contributed by atoms with Crippen LogP contribution in [-0.2, 0) is 4.79 Å². The van der Waals surface area contributed by atoms with Gasteiger partial charge in [-0.3, -0.25) is 14.5 Å². The Morgan fingerprint density at radius 3 is 2.55 bits per heavy atom. The molecule has 1 N–H and O–H groups in total. The molecule has 1 aliphatic heterocycles. The van der Waals surface area contributed by atoms with Gasteiger partial charge in [0.05, 0.1) is 13.1 Å². The van der Waals surface area contributed by atoms with Crippen molar-refractivity contribution in [1.82, 2.24) is 14.5 Å². The molecule has 0 atom stereocenters. The summed E-state index contributed by atoms with van der Waals surface area (Å²) >= 11 is 0. The summed E-state index contributed by atoms with van der Waals surface area (Å²) in [5.41, 5.74) is 4.15. The van der Waals surface area contributed by atoms with Gasteiger partial charge in [-0.2, -0.15) is 0 Å². The van der Waals surface area contributed by atoms with Crippen LogP contribution in [0.3, 0.4) is 0 Å². The van der Waals surface area contributed by atoms with Crippen molar-refractivity contribution in [2.75, 3.05) is 38.7 Å². The maximum atomic E-state index is 13.0. The van der Waals surface area contributed by atoms with Crippen LogP contribution in [0.15, 0.2) is 42.5 Å². The highest BCUT2D eigenvalue weighted by Crippen LogP contribution is 2.33. The second-order valence-electron chi connectivity index (χ2n) is 8.26. The second kappa shape index (κ2) is 9.46. The minimum absolute atomic E-state index is 0.0455. The quantitative estimate of drug-likeness (QED) is 0.558. The van der Waals surface area contributed by atoms with Crippen LogP contribution in [0, 0.1) is 20.8 Å². The van der Waals surface area contributed by atoms with Gasteiger partial charge in [0.1, 0.15) is 19.0 Å². The molecule has 3 heterocycles. The van der Waals surface area contributed by atoms with Crippen LogP contribution in [-0.4, -0.2) is 59.5 Å². The Kier molecular flexibility index (Phi) is 6.46. The summed E-state index contributed by atoms with van der Waals surface area (Å²) < 4.78 is 13.3. The lowest BCUT2D eigenvalue weighted by Crippen LogP contribution is -2.34. The molecule has 0 unspecified atom stereocenters. The Morgan fingerprint density at radius 2 is 1.79 bits per heavy atom. The number of hydrogen-bond acceptors (Lipinski definition) is 6. The Bertz CT molecular complexity index is 1200. The van der Waals surface area contributed by atoms with Crippen LogP contribution in [0.25, 0.3) is 5.69 Å². The molecule has 0 spiro atoms. The predicted octanol–water partition coefficient (Wildman–Crippen LogP) is 3.32. The van der Waals surface area contributed by atoms with Gasteiger partial charge in [-0.15, -0.1) is 0 Å². The number of anilines is 1. The minimum Gasteiger partial charge on any atom is -0.486 e. The Labute approximate surface area is 193 Å². The molecule has 1 aromatic carbocycles. The van der Waals surface area contributed by atoms with Crippen LogP contribution in [0.4, 0.5) is 5.82 Å². The van der Waals surface area contributed by atoms with Crippen LogP contribution in [0.2, 0.25) is 0 Å². The number of aromatic nitrogens is 2. The highest BCUT2D eigenvalue weighted by Gasteiger charge is 2.20. The zero-order valence-electron chi connectivity index (χ0n) is 19.3. The third-order valence-electron chi connectivity index (χ3n) is 5.50. The van der Waals surface area contributed by atoms with E-state index in [1.54, 1.807) is 18.0 Å². The maximum absolute atomic E-state index is 13.0. The van der Waals surface area contributed by atoms with Crippen molar-refractivity contribution in [2.24, 2.45) is 0 Å². The monoisotopic (exact) mass is 448 g/mol. The molecule has 172 valence electrons. The van der Waals surface area contributed by atoms with Gasteiger partial charge < -0.3 is 19.4 Å². The van der Waals surface area contributed by atoms with E-state index in [1.165, 1.54) is 0 Å². The molecule has 0 saturated carbocycles. The van der Waals surface area contributed by atoms with Gasteiger partial charge >= 0.3 is 0 Å². The molecule has 0 radical (unpaired) electrons. The molecule has 33 heavy (non-hydrogen) atoms. The molecule has 1 amide bonds. The molecule has 0 aliphatic carbocycles. The lowest BCUT2D eigenvalue weighted by Gasteiger charge is -2.20. The topological polar surface area (TPSA) is 85.7 Å². The van der Waals surface area contributed by atoms with Gasteiger partial charge in [-0.1, -0.05) is 6.07 Å². The molecule has 2 aromatic heterocycles. The van der Waals surface area contributed by atoms with Crippen LogP contribution < -0.4 is 14.8 Å². The summed E-state index contributed by atoms with van der Waals surface area (Å²) in [4.78, 5) is 31.4. The van der Waals surface area contributed by atoms with Crippen molar-refractivity contribution in [3.8, 4) is 17.2 Å². The fourth-order valence-electron chi connectivity index (χ4n) is 4.04. The largest absolute Gasteiger partial charge is 0.486 e. The van der Waals surface area contributed by atoms with Crippen molar-refractivity contribution in [2.45, 2.75) is 20.8 Å². The van der Waals surface area contributed by atoms with E-state index in [4.69, 9.17) is 9.47 Å². The molecule has 8 heteroatoms. The van der Waals surface area contributed by atoms with Gasteiger partial charge in [-0.05, 0) is 58.2 Å². The third kappa shape index (κ3) is 5.06. The van der Waals surface area contributed by atoms with Crippen LogP contribution in [0.1, 0.15) is 27.4 Å². The van der Waals surface area contributed by atoms with E-state index in [2.05, 4.69) is 10.3 Å². The Morgan fingerprint density at radius 1 is 1.03 bits per heavy atom. The zero-order chi connectivity index (χ0) is 23.5. The number of ketones is 1. The van der Waals surface area contributed by atoms with Crippen molar-refractivity contribution >= 4 is 17.5 Å². The number of amides is 1. The second-order valence-corrected chi connectivity index (χ2v) is 8.26. The number of rotatable bonds is 7. The van der Waals surface area contributed by atoms with Gasteiger partial charge in [-0.25, -0.2) is 4.98 Å². The van der Waals surface area contributed by atoms with E-state index in [9.17, 15) is 9.59 Å². The van der Waals surface area contributed by atoms with E-state index < -0.39 is 0 Å². The number of nitrogens with one attached hydrogen (secondary N) is 1. The highest BCUT2D eigenvalue weighted by atomic mass is 16.6. The Balaban J connectivity index is 1.44. The first-order chi connectivity index (χ1) is 15.8. The minimum atomic E-state index is -0.217. The first-order valence-electron chi connectivity index (χ1n) is 10.9. The molecule has 0 fully saturated rings. The van der Waals surface area contributed by atoms with E-state index in [1.807, 2.05) is 61.7 Å². The number of likely N-dealkylation sites (N-methyl/N-ethyl adjacent to an activating group) is 1. The molecule has 0 saturated heterocycles. The smallest absolute Gasteiger partial charge is 0.239 e. The first-order valence-corrected chi connectivity index (χ1v) is 10.9. The summed E-state index contributed by atoms with van der Waals surface area (Å²) in [6, 6.07) is 13.1. The number of fused-ring (bicyclic) bond motifs is 1. The lowest BCUT2D eigenvalue weighted by atomic mass is 10.1. The summed E-state index contributed by atoms with van der Waals surface area (Å²) in [5, 5.41) is 2.77. The van der Waals surface area contributed by atoms with Crippen LogP contribution >= 0.6 is 0 Å². The fraction of sp³-hybridized carbons (Fsp3) is 0.320. The molecule has 0 bridgehead atoms.